The molecule has 10 heteroatoms. The topological polar surface area (TPSA) is 99.0 Å². The summed E-state index contributed by atoms with van der Waals surface area (Å²) in [7, 11) is 0. The lowest BCUT2D eigenvalue weighted by atomic mass is 10.2. The van der Waals surface area contributed by atoms with Crippen LogP contribution in [0.5, 0.6) is 0 Å². The number of nitrogens with one attached hydrogen (secondary N) is 1. The van der Waals surface area contributed by atoms with E-state index < -0.39 is 5.25 Å². The quantitative estimate of drug-likeness (QED) is 0.564. The van der Waals surface area contributed by atoms with Crippen LogP contribution in [0.4, 0.5) is 10.8 Å². The van der Waals surface area contributed by atoms with Crippen LogP contribution in [0.25, 0.3) is 0 Å². The van der Waals surface area contributed by atoms with E-state index in [4.69, 9.17) is 16.9 Å². The van der Waals surface area contributed by atoms with Gasteiger partial charge in [0.15, 0.2) is 4.34 Å². The predicted molar refractivity (Wildman–Crippen MR) is 106 cm³/mol. The number of thioether (sulfide) groups is 1. The number of carbonyl (C=O) groups excluding carboxylic acids is 2. The Hall–Kier alpha value is -2.15. The van der Waals surface area contributed by atoms with Gasteiger partial charge in [0.1, 0.15) is 6.07 Å². The molecule has 7 nitrogen and oxygen atoms in total. The lowest BCUT2D eigenvalue weighted by Crippen LogP contribution is -2.30. The normalized spacial score (nSPS) is 14.3. The first-order valence-electron chi connectivity index (χ1n) is 8.19. The molecule has 2 amide bonds. The van der Waals surface area contributed by atoms with Gasteiger partial charge in [-0.15, -0.1) is 10.2 Å². The van der Waals surface area contributed by atoms with Crippen molar-refractivity contribution in [3.8, 4) is 6.07 Å². The van der Waals surface area contributed by atoms with Crippen molar-refractivity contribution in [2.45, 2.75) is 42.3 Å². The average Bonchev–Trinajstić information content (AvgIpc) is 3.34. The highest BCUT2D eigenvalue weighted by atomic mass is 35.5. The maximum absolute atomic E-state index is 12.4. The number of carbonyl (C=O) groups is 2. The minimum absolute atomic E-state index is 0.0475. The van der Waals surface area contributed by atoms with E-state index in [2.05, 4.69) is 15.5 Å². The largest absolute Gasteiger partial charge is 0.325 e. The zero-order valence-corrected chi connectivity index (χ0v) is 17.0. The number of benzene rings is 1. The highest BCUT2D eigenvalue weighted by molar-refractivity contribution is 8.02. The van der Waals surface area contributed by atoms with E-state index >= 15 is 0 Å². The molecule has 0 aliphatic heterocycles. The second-order valence-corrected chi connectivity index (χ2v) is 8.98. The fraction of sp³-hybridized carbons (Fsp3) is 0.353. The molecule has 0 saturated heterocycles. The molecule has 1 N–H and O–H groups in total. The molecule has 1 heterocycles. The van der Waals surface area contributed by atoms with Gasteiger partial charge in [-0.3, -0.25) is 14.5 Å². The van der Waals surface area contributed by atoms with Gasteiger partial charge in [0.2, 0.25) is 16.9 Å². The maximum Gasteiger partial charge on any atom is 0.237 e. The predicted octanol–water partition coefficient (Wildman–Crippen LogP) is 3.70. The molecule has 1 aliphatic carbocycles. The second kappa shape index (κ2) is 8.25. The number of hydrogen-bond acceptors (Lipinski definition) is 7. The van der Waals surface area contributed by atoms with Crippen LogP contribution in [-0.2, 0) is 9.59 Å². The second-order valence-electron chi connectivity index (χ2n) is 6.03. The van der Waals surface area contributed by atoms with Gasteiger partial charge < -0.3 is 5.32 Å². The van der Waals surface area contributed by atoms with Crippen molar-refractivity contribution in [1.82, 2.24) is 10.2 Å². The molecule has 1 aromatic carbocycles. The van der Waals surface area contributed by atoms with Gasteiger partial charge in [-0.25, -0.2) is 0 Å². The van der Waals surface area contributed by atoms with E-state index in [1.54, 1.807) is 30.0 Å². The van der Waals surface area contributed by atoms with E-state index in [9.17, 15) is 9.59 Å². The fourth-order valence-electron chi connectivity index (χ4n) is 2.36. The van der Waals surface area contributed by atoms with Gasteiger partial charge in [0, 0.05) is 18.7 Å². The molecule has 1 saturated carbocycles. The summed E-state index contributed by atoms with van der Waals surface area (Å²) in [6.45, 7) is 3.28. The summed E-state index contributed by atoms with van der Waals surface area (Å²) >= 11 is 8.56. The Labute approximate surface area is 169 Å². The lowest BCUT2D eigenvalue weighted by molar-refractivity contribution is -0.117. The number of amides is 2. The summed E-state index contributed by atoms with van der Waals surface area (Å²) in [5, 5.41) is 20.3. The molecule has 1 fully saturated rings. The minimum Gasteiger partial charge on any atom is -0.325 e. The number of aromatic nitrogens is 2. The molecule has 3 rings (SSSR count). The van der Waals surface area contributed by atoms with Crippen molar-refractivity contribution in [2.24, 2.45) is 0 Å². The van der Waals surface area contributed by atoms with Crippen molar-refractivity contribution >= 4 is 57.3 Å². The lowest BCUT2D eigenvalue weighted by Gasteiger charge is -2.15. The molecule has 0 spiro atoms. The Kier molecular flexibility index (Phi) is 5.99. The third-order valence-electron chi connectivity index (χ3n) is 3.86. The molecule has 2 aromatic rings. The average molecular weight is 422 g/mol. The smallest absolute Gasteiger partial charge is 0.237 e. The summed E-state index contributed by atoms with van der Waals surface area (Å²) in [6, 6.07) is 6.92. The standard InChI is InChI=1S/C17H16ClN5O2S2/c1-9(15(25)20-12-4-3-11(8-19)14(18)7-12)26-17-22-21-16(27-17)23(10(2)24)13-5-6-13/h3-4,7,9,13H,5-6H2,1-2H3,(H,20,25). The Balaban J connectivity index is 1.62. The first-order valence-corrected chi connectivity index (χ1v) is 10.3. The molecule has 1 aliphatic rings. The van der Waals surface area contributed by atoms with Gasteiger partial charge in [0.25, 0.3) is 0 Å². The van der Waals surface area contributed by atoms with Gasteiger partial charge in [-0.2, -0.15) is 5.26 Å². The van der Waals surface area contributed by atoms with Crippen LogP contribution >= 0.6 is 34.7 Å². The Bertz CT molecular complexity index is 922. The Morgan fingerprint density at radius 1 is 1.44 bits per heavy atom. The van der Waals surface area contributed by atoms with Crippen molar-refractivity contribution < 1.29 is 9.59 Å². The monoisotopic (exact) mass is 421 g/mol. The fourth-order valence-corrected chi connectivity index (χ4v) is 4.68. The van der Waals surface area contributed by atoms with Gasteiger partial charge in [0.05, 0.1) is 15.8 Å². The number of halogens is 1. The SMILES string of the molecule is CC(=O)N(c1nnc(SC(C)C(=O)Nc2ccc(C#N)c(Cl)c2)s1)C1CC1. The highest BCUT2D eigenvalue weighted by Crippen LogP contribution is 2.36. The third kappa shape index (κ3) is 4.77. The van der Waals surface area contributed by atoms with E-state index in [0.29, 0.717) is 20.7 Å². The maximum atomic E-state index is 12.4. The third-order valence-corrected chi connectivity index (χ3v) is 6.28. The van der Waals surface area contributed by atoms with Gasteiger partial charge in [-0.05, 0) is 38.0 Å². The number of anilines is 2. The summed E-state index contributed by atoms with van der Waals surface area (Å²) < 4.78 is 0.623. The summed E-state index contributed by atoms with van der Waals surface area (Å²) in [5.74, 6) is -0.267. The molecule has 1 atom stereocenters. The zero-order valence-electron chi connectivity index (χ0n) is 14.6. The van der Waals surface area contributed by atoms with E-state index in [1.807, 2.05) is 6.07 Å². The van der Waals surface area contributed by atoms with Crippen molar-refractivity contribution in [3.05, 3.63) is 28.8 Å². The number of rotatable bonds is 6. The molecule has 140 valence electrons. The van der Waals surface area contributed by atoms with E-state index in [-0.39, 0.29) is 22.9 Å². The Morgan fingerprint density at radius 3 is 2.78 bits per heavy atom. The number of hydrogen-bond donors (Lipinski definition) is 1. The molecule has 1 aromatic heterocycles. The molecule has 0 radical (unpaired) electrons. The highest BCUT2D eigenvalue weighted by Gasteiger charge is 2.34. The molecule has 1 unspecified atom stereocenters. The molecule has 27 heavy (non-hydrogen) atoms. The van der Waals surface area contributed by atoms with E-state index in [0.717, 1.165) is 12.8 Å². The number of nitriles is 1. The van der Waals surface area contributed by atoms with Crippen molar-refractivity contribution in [2.75, 3.05) is 10.2 Å². The van der Waals surface area contributed by atoms with E-state index in [1.165, 1.54) is 30.0 Å². The zero-order chi connectivity index (χ0) is 19.6. The summed E-state index contributed by atoms with van der Waals surface area (Å²) in [4.78, 5) is 25.9. The van der Waals surface area contributed by atoms with Gasteiger partial charge >= 0.3 is 0 Å². The van der Waals surface area contributed by atoms with Crippen molar-refractivity contribution in [1.29, 1.82) is 5.26 Å². The minimum atomic E-state index is -0.424. The molecular formula is C17H16ClN5O2S2. The Morgan fingerprint density at radius 2 is 2.19 bits per heavy atom. The number of nitrogens with zero attached hydrogens (tertiary/aromatic N) is 4. The van der Waals surface area contributed by atoms with Crippen LogP contribution in [0.2, 0.25) is 5.02 Å². The summed E-state index contributed by atoms with van der Waals surface area (Å²) in [6.07, 6.45) is 1.96. The van der Waals surface area contributed by atoms with Crippen molar-refractivity contribution in [3.63, 3.8) is 0 Å². The molecule has 0 bridgehead atoms. The van der Waals surface area contributed by atoms with Gasteiger partial charge in [-0.1, -0.05) is 34.7 Å². The van der Waals surface area contributed by atoms with Crippen LogP contribution in [0.15, 0.2) is 22.5 Å². The van der Waals surface area contributed by atoms with Crippen LogP contribution in [0.3, 0.4) is 0 Å². The van der Waals surface area contributed by atoms with Crippen LogP contribution in [-0.4, -0.2) is 33.3 Å². The van der Waals surface area contributed by atoms with Crippen LogP contribution in [0.1, 0.15) is 32.3 Å². The van der Waals surface area contributed by atoms with Crippen LogP contribution < -0.4 is 10.2 Å². The first kappa shape index (κ1) is 19.6. The first-order chi connectivity index (χ1) is 12.9. The summed E-state index contributed by atoms with van der Waals surface area (Å²) in [5.41, 5.74) is 0.870. The molecular weight excluding hydrogens is 406 g/mol. The van der Waals surface area contributed by atoms with Crippen LogP contribution in [0, 0.1) is 11.3 Å².